The van der Waals surface area contributed by atoms with E-state index < -0.39 is 0 Å². The molecule has 1 aromatic carbocycles. The largest absolute Gasteiger partial charge is 0.358 e. The van der Waals surface area contributed by atoms with Crippen LogP contribution < -0.4 is 5.43 Å². The molecule has 0 spiro atoms. The molecule has 0 aliphatic carbocycles. The second-order valence-corrected chi connectivity index (χ2v) is 4.82. The molecule has 0 saturated heterocycles. The van der Waals surface area contributed by atoms with E-state index in [1.807, 2.05) is 25.1 Å². The highest BCUT2D eigenvalue weighted by Crippen LogP contribution is 2.17. The first-order valence-electron chi connectivity index (χ1n) is 5.31. The molecule has 0 radical (unpaired) electrons. The van der Waals surface area contributed by atoms with Crippen molar-refractivity contribution in [2.75, 3.05) is 0 Å². The molecule has 0 fully saturated rings. The number of pyridine rings is 1. The van der Waals surface area contributed by atoms with Gasteiger partial charge in [0, 0.05) is 33.1 Å². The number of nitriles is 1. The highest BCUT2D eigenvalue weighted by Gasteiger charge is 2.09. The first-order valence-corrected chi connectivity index (χ1v) is 6.10. The van der Waals surface area contributed by atoms with E-state index in [1.165, 1.54) is 0 Å². The van der Waals surface area contributed by atoms with Crippen molar-refractivity contribution in [1.82, 2.24) is 4.98 Å². The Balaban J connectivity index is 2.70. The van der Waals surface area contributed by atoms with Gasteiger partial charge in [-0.15, -0.1) is 0 Å². The zero-order chi connectivity index (χ0) is 12.4. The fourth-order valence-corrected chi connectivity index (χ4v) is 2.27. The zero-order valence-corrected chi connectivity index (χ0v) is 11.0. The van der Waals surface area contributed by atoms with Gasteiger partial charge in [-0.1, -0.05) is 15.9 Å². The summed E-state index contributed by atoms with van der Waals surface area (Å²) in [6, 6.07) is 7.65. The smallest absolute Gasteiger partial charge is 0.192 e. The van der Waals surface area contributed by atoms with Crippen molar-refractivity contribution >= 4 is 26.8 Å². The highest BCUT2D eigenvalue weighted by molar-refractivity contribution is 9.10. The van der Waals surface area contributed by atoms with Gasteiger partial charge in [-0.25, -0.2) is 0 Å². The van der Waals surface area contributed by atoms with Crippen LogP contribution in [0.15, 0.2) is 27.5 Å². The van der Waals surface area contributed by atoms with Gasteiger partial charge in [0.15, 0.2) is 5.43 Å². The van der Waals surface area contributed by atoms with Gasteiger partial charge < -0.3 is 4.98 Å². The number of nitrogens with zero attached hydrogens (tertiary/aromatic N) is 1. The number of aryl methyl sites for hydroxylation is 1. The fraction of sp³-hybridized carbons (Fsp3) is 0.231. The second-order valence-electron chi connectivity index (χ2n) is 3.91. The van der Waals surface area contributed by atoms with Crippen LogP contribution in [0.2, 0.25) is 0 Å². The summed E-state index contributed by atoms with van der Waals surface area (Å²) in [5.41, 5.74) is 2.40. The maximum absolute atomic E-state index is 12.3. The molecule has 0 aliphatic rings. The Morgan fingerprint density at radius 2 is 2.24 bits per heavy atom. The zero-order valence-electron chi connectivity index (χ0n) is 9.38. The molecule has 86 valence electrons. The second kappa shape index (κ2) is 4.72. The van der Waals surface area contributed by atoms with Crippen molar-refractivity contribution in [3.63, 3.8) is 0 Å². The first-order chi connectivity index (χ1) is 8.13. The Labute approximate surface area is 107 Å². The minimum absolute atomic E-state index is 0.0211. The number of benzene rings is 1. The van der Waals surface area contributed by atoms with Gasteiger partial charge in [0.2, 0.25) is 0 Å². The van der Waals surface area contributed by atoms with Crippen molar-refractivity contribution in [2.45, 2.75) is 19.8 Å². The van der Waals surface area contributed by atoms with Crippen LogP contribution in [0.25, 0.3) is 10.9 Å². The van der Waals surface area contributed by atoms with Crippen LogP contribution in [-0.2, 0) is 6.42 Å². The van der Waals surface area contributed by atoms with Gasteiger partial charge in [0.25, 0.3) is 0 Å². The summed E-state index contributed by atoms with van der Waals surface area (Å²) in [6.07, 6.45) is 0.865. The van der Waals surface area contributed by atoms with E-state index in [9.17, 15) is 4.79 Å². The normalized spacial score (nSPS) is 10.4. The molecule has 17 heavy (non-hydrogen) atoms. The Morgan fingerprint density at radius 1 is 1.47 bits per heavy atom. The highest BCUT2D eigenvalue weighted by atomic mass is 79.9. The SMILES string of the molecule is Cc1[nH]c2ccc(Br)cc2c(=O)c1CCC#N. The molecule has 0 aliphatic heterocycles. The maximum Gasteiger partial charge on any atom is 0.192 e. The number of H-pyrrole nitrogens is 1. The Bertz CT molecular complexity index is 667. The Morgan fingerprint density at radius 3 is 2.94 bits per heavy atom. The summed E-state index contributed by atoms with van der Waals surface area (Å²) in [4.78, 5) is 15.5. The maximum atomic E-state index is 12.3. The number of halogens is 1. The molecule has 4 heteroatoms. The lowest BCUT2D eigenvalue weighted by Gasteiger charge is -2.06. The van der Waals surface area contributed by atoms with Gasteiger partial charge in [0.1, 0.15) is 0 Å². The van der Waals surface area contributed by atoms with Crippen LogP contribution in [0.3, 0.4) is 0 Å². The molecule has 1 aromatic heterocycles. The Kier molecular flexibility index (Phi) is 3.30. The number of hydrogen-bond acceptors (Lipinski definition) is 2. The quantitative estimate of drug-likeness (QED) is 0.924. The molecule has 3 nitrogen and oxygen atoms in total. The monoisotopic (exact) mass is 290 g/mol. The topological polar surface area (TPSA) is 56.6 Å². The van der Waals surface area contributed by atoms with Gasteiger partial charge in [-0.05, 0) is 31.5 Å². The van der Waals surface area contributed by atoms with E-state index in [0.717, 1.165) is 15.7 Å². The van der Waals surface area contributed by atoms with Crippen molar-refractivity contribution in [2.24, 2.45) is 0 Å². The van der Waals surface area contributed by atoms with Crippen LogP contribution in [0.5, 0.6) is 0 Å². The molecule has 1 N–H and O–H groups in total. The summed E-state index contributed by atoms with van der Waals surface area (Å²) < 4.78 is 0.880. The van der Waals surface area contributed by atoms with Crippen LogP contribution in [0.1, 0.15) is 17.7 Å². The fourth-order valence-electron chi connectivity index (χ4n) is 1.91. The lowest BCUT2D eigenvalue weighted by atomic mass is 10.0. The van der Waals surface area contributed by atoms with Crippen LogP contribution in [0, 0.1) is 18.3 Å². The summed E-state index contributed by atoms with van der Waals surface area (Å²) in [5, 5.41) is 9.26. The number of aromatic nitrogens is 1. The van der Waals surface area contributed by atoms with E-state index in [0.29, 0.717) is 23.8 Å². The molecule has 0 atom stereocenters. The molecule has 1 heterocycles. The average Bonchev–Trinajstić information content (AvgIpc) is 2.30. The van der Waals surface area contributed by atoms with Crippen molar-refractivity contribution in [3.8, 4) is 6.07 Å². The summed E-state index contributed by atoms with van der Waals surface area (Å²) in [7, 11) is 0. The average molecular weight is 291 g/mol. The molecular formula is C13H11BrN2O. The molecule has 2 aromatic rings. The number of nitrogens with one attached hydrogen (secondary N) is 1. The summed E-state index contributed by atoms with van der Waals surface area (Å²) in [6.45, 7) is 1.87. The number of aromatic amines is 1. The lowest BCUT2D eigenvalue weighted by Crippen LogP contribution is -2.13. The minimum atomic E-state index is 0.0211. The number of rotatable bonds is 2. The Hall–Kier alpha value is -1.60. The standard InChI is InChI=1S/C13H11BrN2O/c1-8-10(3-2-6-15)13(17)11-7-9(14)4-5-12(11)16-8/h4-5,7H,2-3H2,1H3,(H,16,17). The van der Waals surface area contributed by atoms with Crippen molar-refractivity contribution in [3.05, 3.63) is 44.2 Å². The predicted molar refractivity (Wildman–Crippen MR) is 70.9 cm³/mol. The molecule has 0 amide bonds. The van der Waals surface area contributed by atoms with Crippen LogP contribution >= 0.6 is 15.9 Å². The molecule has 0 unspecified atom stereocenters. The summed E-state index contributed by atoms with van der Waals surface area (Å²) >= 11 is 3.36. The van der Waals surface area contributed by atoms with Gasteiger partial charge >= 0.3 is 0 Å². The third kappa shape index (κ3) is 2.25. The van der Waals surface area contributed by atoms with E-state index in [4.69, 9.17) is 5.26 Å². The minimum Gasteiger partial charge on any atom is -0.358 e. The van der Waals surface area contributed by atoms with E-state index in [1.54, 1.807) is 0 Å². The molecule has 0 bridgehead atoms. The van der Waals surface area contributed by atoms with Crippen LogP contribution in [-0.4, -0.2) is 4.98 Å². The summed E-state index contributed by atoms with van der Waals surface area (Å²) in [5.74, 6) is 0. The van der Waals surface area contributed by atoms with Crippen LogP contribution in [0.4, 0.5) is 0 Å². The van der Waals surface area contributed by atoms with Gasteiger partial charge in [-0.3, -0.25) is 4.79 Å². The van der Waals surface area contributed by atoms with E-state index in [-0.39, 0.29) is 5.43 Å². The van der Waals surface area contributed by atoms with Crippen molar-refractivity contribution < 1.29 is 0 Å². The van der Waals surface area contributed by atoms with Gasteiger partial charge in [0.05, 0.1) is 6.07 Å². The number of hydrogen-bond donors (Lipinski definition) is 1. The third-order valence-electron chi connectivity index (χ3n) is 2.76. The first kappa shape index (κ1) is 11.9. The molecule has 2 rings (SSSR count). The number of fused-ring (bicyclic) bond motifs is 1. The van der Waals surface area contributed by atoms with Crippen molar-refractivity contribution in [1.29, 1.82) is 5.26 Å². The third-order valence-corrected chi connectivity index (χ3v) is 3.26. The predicted octanol–water partition coefficient (Wildman–Crippen LogP) is 3.06. The van der Waals surface area contributed by atoms with E-state index >= 15 is 0 Å². The van der Waals surface area contributed by atoms with E-state index in [2.05, 4.69) is 27.0 Å². The molecule has 0 saturated carbocycles. The van der Waals surface area contributed by atoms with Gasteiger partial charge in [-0.2, -0.15) is 5.26 Å². The molecular weight excluding hydrogens is 280 g/mol. The lowest BCUT2D eigenvalue weighted by molar-refractivity contribution is 0.967.